The number of hydrogen-bond acceptors (Lipinski definition) is 4. The highest BCUT2D eigenvalue weighted by Gasteiger charge is 2.10. The van der Waals surface area contributed by atoms with Crippen molar-refractivity contribution in [2.45, 2.75) is 0 Å². The predicted molar refractivity (Wildman–Crippen MR) is 85.5 cm³/mol. The lowest BCUT2D eigenvalue weighted by Gasteiger charge is -1.98. The molecular weight excluding hydrogens is 358 g/mol. The van der Waals surface area contributed by atoms with Gasteiger partial charge in [0.15, 0.2) is 0 Å². The van der Waals surface area contributed by atoms with Gasteiger partial charge in [-0.3, -0.25) is 0 Å². The highest BCUT2D eigenvalue weighted by atomic mass is 79.9. The molecule has 1 aromatic carbocycles. The van der Waals surface area contributed by atoms with Crippen LogP contribution >= 0.6 is 38.6 Å². The molecule has 20 heavy (non-hydrogen) atoms. The smallest absolute Gasteiger partial charge is 0.335 e. The van der Waals surface area contributed by atoms with Crippen molar-refractivity contribution in [2.24, 2.45) is 0 Å². The number of thiophene rings is 1. The summed E-state index contributed by atoms with van der Waals surface area (Å²) in [4.78, 5) is 16.7. The highest BCUT2D eigenvalue weighted by molar-refractivity contribution is 9.10. The normalized spacial score (nSPS) is 10.7. The molecule has 0 unspecified atom stereocenters. The first-order valence-corrected chi connectivity index (χ1v) is 8.22. The standard InChI is InChI=1S/C14H8BrNO2S2/c15-10-5-12(19-6-10)11-7-20-13(16-11)8-2-1-3-9(4-8)14(17)18/h1-7H,(H,17,18). The van der Waals surface area contributed by atoms with E-state index in [1.807, 2.05) is 22.9 Å². The molecule has 0 radical (unpaired) electrons. The Kier molecular flexibility index (Phi) is 3.69. The van der Waals surface area contributed by atoms with Gasteiger partial charge in [-0.05, 0) is 34.1 Å². The van der Waals surface area contributed by atoms with E-state index in [0.29, 0.717) is 0 Å². The van der Waals surface area contributed by atoms with Gasteiger partial charge in [-0.2, -0.15) is 0 Å². The Bertz CT molecular complexity index is 779. The van der Waals surface area contributed by atoms with E-state index in [2.05, 4.69) is 20.9 Å². The molecule has 0 spiro atoms. The number of hydrogen-bond donors (Lipinski definition) is 1. The molecule has 3 nitrogen and oxygen atoms in total. The number of halogens is 1. The molecule has 0 atom stereocenters. The number of aromatic carboxylic acids is 1. The molecule has 0 amide bonds. The average molecular weight is 366 g/mol. The zero-order valence-electron chi connectivity index (χ0n) is 10.0. The van der Waals surface area contributed by atoms with Gasteiger partial charge < -0.3 is 5.11 Å². The van der Waals surface area contributed by atoms with Crippen LogP contribution in [0.25, 0.3) is 21.1 Å². The lowest BCUT2D eigenvalue weighted by Crippen LogP contribution is -1.95. The molecule has 3 rings (SSSR count). The fourth-order valence-corrected chi connectivity index (χ4v) is 4.03. The van der Waals surface area contributed by atoms with Crippen molar-refractivity contribution in [3.63, 3.8) is 0 Å². The van der Waals surface area contributed by atoms with Crippen molar-refractivity contribution in [2.75, 3.05) is 0 Å². The van der Waals surface area contributed by atoms with Gasteiger partial charge >= 0.3 is 5.97 Å². The minimum absolute atomic E-state index is 0.276. The molecule has 0 aliphatic heterocycles. The first-order chi connectivity index (χ1) is 9.63. The molecule has 3 aromatic rings. The van der Waals surface area contributed by atoms with Crippen molar-refractivity contribution in [3.8, 4) is 21.1 Å². The largest absolute Gasteiger partial charge is 0.478 e. The third-order valence-electron chi connectivity index (χ3n) is 2.68. The summed E-state index contributed by atoms with van der Waals surface area (Å²) in [6.45, 7) is 0. The topological polar surface area (TPSA) is 50.2 Å². The van der Waals surface area contributed by atoms with Crippen molar-refractivity contribution in [1.82, 2.24) is 4.98 Å². The third-order valence-corrected chi connectivity index (χ3v) is 5.29. The summed E-state index contributed by atoms with van der Waals surface area (Å²) in [6, 6.07) is 8.87. The van der Waals surface area contributed by atoms with Gasteiger partial charge in [-0.1, -0.05) is 12.1 Å². The molecular formula is C14H8BrNO2S2. The number of benzene rings is 1. The van der Waals surface area contributed by atoms with Crippen molar-refractivity contribution >= 4 is 44.6 Å². The van der Waals surface area contributed by atoms with E-state index in [0.717, 1.165) is 25.6 Å². The molecule has 0 saturated carbocycles. The van der Waals surface area contributed by atoms with Crippen molar-refractivity contribution in [3.05, 3.63) is 51.1 Å². The third kappa shape index (κ3) is 2.67. The molecule has 6 heteroatoms. The second kappa shape index (κ2) is 5.47. The summed E-state index contributed by atoms with van der Waals surface area (Å²) in [5.74, 6) is -0.925. The molecule has 0 aliphatic carbocycles. The van der Waals surface area contributed by atoms with Crippen LogP contribution in [-0.2, 0) is 0 Å². The average Bonchev–Trinajstić information content (AvgIpc) is 3.07. The zero-order valence-corrected chi connectivity index (χ0v) is 13.3. The van der Waals surface area contributed by atoms with Crippen LogP contribution in [0.3, 0.4) is 0 Å². The molecule has 0 aliphatic rings. The number of rotatable bonds is 3. The van der Waals surface area contributed by atoms with E-state index in [1.54, 1.807) is 29.5 Å². The fraction of sp³-hybridized carbons (Fsp3) is 0. The van der Waals surface area contributed by atoms with E-state index < -0.39 is 5.97 Å². The highest BCUT2D eigenvalue weighted by Crippen LogP contribution is 2.33. The summed E-state index contributed by atoms with van der Waals surface area (Å²) in [5.41, 5.74) is 2.02. The lowest BCUT2D eigenvalue weighted by atomic mass is 10.1. The second-order valence-electron chi connectivity index (χ2n) is 4.05. The number of carboxylic acid groups (broad SMARTS) is 1. The van der Waals surface area contributed by atoms with E-state index in [1.165, 1.54) is 11.3 Å². The van der Waals surface area contributed by atoms with Gasteiger partial charge in [0.1, 0.15) is 5.01 Å². The van der Waals surface area contributed by atoms with E-state index in [4.69, 9.17) is 5.11 Å². The van der Waals surface area contributed by atoms with Crippen molar-refractivity contribution in [1.29, 1.82) is 0 Å². The molecule has 100 valence electrons. The van der Waals surface area contributed by atoms with Crippen LogP contribution in [-0.4, -0.2) is 16.1 Å². The van der Waals surface area contributed by atoms with Gasteiger partial charge in [0.25, 0.3) is 0 Å². The van der Waals surface area contributed by atoms with Gasteiger partial charge in [0, 0.05) is 20.8 Å². The fourth-order valence-electron chi connectivity index (χ4n) is 1.75. The Morgan fingerprint density at radius 1 is 1.20 bits per heavy atom. The molecule has 2 aromatic heterocycles. The molecule has 0 bridgehead atoms. The predicted octanol–water partition coefficient (Wildman–Crippen LogP) is 5.00. The first-order valence-electron chi connectivity index (χ1n) is 5.67. The monoisotopic (exact) mass is 365 g/mol. The van der Waals surface area contributed by atoms with Crippen LogP contribution in [0.1, 0.15) is 10.4 Å². The van der Waals surface area contributed by atoms with E-state index in [-0.39, 0.29) is 5.56 Å². The number of nitrogens with zero attached hydrogens (tertiary/aromatic N) is 1. The van der Waals surface area contributed by atoms with Gasteiger partial charge in [-0.25, -0.2) is 9.78 Å². The molecule has 0 fully saturated rings. The van der Waals surface area contributed by atoms with Crippen LogP contribution < -0.4 is 0 Å². The van der Waals surface area contributed by atoms with Crippen LogP contribution in [0.5, 0.6) is 0 Å². The number of thiazole rings is 1. The van der Waals surface area contributed by atoms with Gasteiger partial charge in [0.2, 0.25) is 0 Å². The summed E-state index contributed by atoms with van der Waals surface area (Å²) in [7, 11) is 0. The lowest BCUT2D eigenvalue weighted by molar-refractivity contribution is 0.0697. The van der Waals surface area contributed by atoms with Gasteiger partial charge in [-0.15, -0.1) is 22.7 Å². The summed E-state index contributed by atoms with van der Waals surface area (Å²) >= 11 is 6.56. The second-order valence-corrected chi connectivity index (χ2v) is 6.74. The Hall–Kier alpha value is -1.50. The van der Waals surface area contributed by atoms with Crippen LogP contribution in [0.15, 0.2) is 45.6 Å². The summed E-state index contributed by atoms with van der Waals surface area (Å²) in [6.07, 6.45) is 0. The van der Waals surface area contributed by atoms with Crippen LogP contribution in [0.4, 0.5) is 0 Å². The Balaban J connectivity index is 1.98. The number of aromatic nitrogens is 1. The van der Waals surface area contributed by atoms with Gasteiger partial charge in [0.05, 0.1) is 16.1 Å². The Morgan fingerprint density at radius 3 is 2.75 bits per heavy atom. The van der Waals surface area contributed by atoms with Crippen molar-refractivity contribution < 1.29 is 9.90 Å². The summed E-state index contributed by atoms with van der Waals surface area (Å²) < 4.78 is 1.04. The Morgan fingerprint density at radius 2 is 2.05 bits per heavy atom. The number of carbonyl (C=O) groups is 1. The number of carboxylic acids is 1. The minimum Gasteiger partial charge on any atom is -0.478 e. The SMILES string of the molecule is O=C(O)c1cccc(-c2nc(-c3cc(Br)cs3)cs2)c1. The van der Waals surface area contributed by atoms with Crippen LogP contribution in [0.2, 0.25) is 0 Å². The quantitative estimate of drug-likeness (QED) is 0.710. The molecule has 1 N–H and O–H groups in total. The van der Waals surface area contributed by atoms with Crippen LogP contribution in [0, 0.1) is 0 Å². The Labute approximate surface area is 131 Å². The van der Waals surface area contributed by atoms with E-state index >= 15 is 0 Å². The molecule has 0 saturated heterocycles. The zero-order chi connectivity index (χ0) is 14.1. The summed E-state index contributed by atoms with van der Waals surface area (Å²) in [5, 5.41) is 13.8. The maximum absolute atomic E-state index is 11.0. The van der Waals surface area contributed by atoms with E-state index in [9.17, 15) is 4.79 Å². The maximum Gasteiger partial charge on any atom is 0.335 e. The first kappa shape index (κ1) is 13.5. The maximum atomic E-state index is 11.0. The molecule has 2 heterocycles. The minimum atomic E-state index is -0.925.